The van der Waals surface area contributed by atoms with Crippen LogP contribution < -0.4 is 0 Å². The molecular weight excluding hydrogens is 420 g/mol. The van der Waals surface area contributed by atoms with E-state index in [0.717, 1.165) is 25.7 Å². The molecule has 0 heteroatoms. The molecule has 3 aromatic rings. The van der Waals surface area contributed by atoms with E-state index in [1.807, 2.05) is 0 Å². The highest BCUT2D eigenvalue weighted by Gasteiger charge is 2.39. The highest BCUT2D eigenvalue weighted by molar-refractivity contribution is 5.79. The van der Waals surface area contributed by atoms with E-state index in [4.69, 9.17) is 6.58 Å². The second-order valence-electron chi connectivity index (χ2n) is 9.85. The second-order valence-corrected chi connectivity index (χ2v) is 9.85. The maximum Gasteiger partial charge on any atom is 0.0201 e. The van der Waals surface area contributed by atoms with Crippen LogP contribution in [0.5, 0.6) is 0 Å². The fraction of sp³-hybridized carbons (Fsp3) is 0.257. The highest BCUT2D eigenvalue weighted by atomic mass is 14.4. The molecule has 2 aliphatic carbocycles. The monoisotopic (exact) mass is 456 g/mol. The van der Waals surface area contributed by atoms with Crippen molar-refractivity contribution in [2.24, 2.45) is 5.92 Å². The summed E-state index contributed by atoms with van der Waals surface area (Å²) in [5.74, 6) is 0.604. The zero-order chi connectivity index (χ0) is 24.4. The van der Waals surface area contributed by atoms with E-state index in [2.05, 4.69) is 112 Å². The van der Waals surface area contributed by atoms with Crippen LogP contribution in [0.3, 0.4) is 0 Å². The molecule has 0 N–H and O–H groups in total. The Balaban J connectivity index is 1.56. The summed E-state index contributed by atoms with van der Waals surface area (Å²) < 4.78 is 0. The van der Waals surface area contributed by atoms with E-state index in [9.17, 15) is 0 Å². The SMILES string of the molecule is C=C1C(=Cc2cc(CC)c(CC)c(CC)c2)CC2=CC=C(c3ccccc3)C(c3ccccc3)C12. The molecule has 176 valence electrons. The third-order valence-corrected chi connectivity index (χ3v) is 7.91. The first-order valence-electron chi connectivity index (χ1n) is 13.2. The number of fused-ring (bicyclic) bond motifs is 1. The van der Waals surface area contributed by atoms with Gasteiger partial charge in [-0.25, -0.2) is 0 Å². The quantitative estimate of drug-likeness (QED) is 0.347. The van der Waals surface area contributed by atoms with Crippen molar-refractivity contribution in [2.45, 2.75) is 52.4 Å². The van der Waals surface area contributed by atoms with Gasteiger partial charge < -0.3 is 0 Å². The third kappa shape index (κ3) is 4.39. The lowest BCUT2D eigenvalue weighted by Gasteiger charge is -2.32. The largest absolute Gasteiger partial charge is 0.0949 e. The summed E-state index contributed by atoms with van der Waals surface area (Å²) in [6.07, 6.45) is 11.4. The first-order valence-corrected chi connectivity index (χ1v) is 13.2. The molecule has 3 aromatic carbocycles. The van der Waals surface area contributed by atoms with Gasteiger partial charge in [0.1, 0.15) is 0 Å². The average molecular weight is 457 g/mol. The Morgan fingerprint density at radius 3 is 2.00 bits per heavy atom. The van der Waals surface area contributed by atoms with Gasteiger partial charge >= 0.3 is 0 Å². The van der Waals surface area contributed by atoms with Crippen molar-refractivity contribution in [1.82, 2.24) is 0 Å². The normalized spacial score (nSPS) is 20.5. The molecule has 0 amide bonds. The molecule has 0 aliphatic heterocycles. The van der Waals surface area contributed by atoms with E-state index < -0.39 is 0 Å². The molecule has 0 nitrogen and oxygen atoms in total. The Labute approximate surface area is 211 Å². The smallest absolute Gasteiger partial charge is 0.0201 e. The summed E-state index contributed by atoms with van der Waals surface area (Å²) in [5.41, 5.74) is 14.1. The molecule has 35 heavy (non-hydrogen) atoms. The summed E-state index contributed by atoms with van der Waals surface area (Å²) in [6, 6.07) is 26.7. The maximum absolute atomic E-state index is 4.70. The van der Waals surface area contributed by atoms with Crippen LogP contribution in [-0.2, 0) is 19.3 Å². The van der Waals surface area contributed by atoms with Crippen LogP contribution in [0.1, 0.15) is 66.5 Å². The van der Waals surface area contributed by atoms with Gasteiger partial charge in [-0.3, -0.25) is 0 Å². The molecule has 5 rings (SSSR count). The Bertz CT molecular complexity index is 1290. The Morgan fingerprint density at radius 1 is 0.771 bits per heavy atom. The van der Waals surface area contributed by atoms with Crippen LogP contribution in [0.2, 0.25) is 0 Å². The van der Waals surface area contributed by atoms with E-state index in [-0.39, 0.29) is 5.92 Å². The minimum atomic E-state index is 0.289. The van der Waals surface area contributed by atoms with Crippen molar-refractivity contribution in [3.05, 3.63) is 142 Å². The van der Waals surface area contributed by atoms with Crippen LogP contribution in [0, 0.1) is 5.92 Å². The average Bonchev–Trinajstić information content (AvgIpc) is 3.23. The van der Waals surface area contributed by atoms with Gasteiger partial charge in [-0.1, -0.05) is 124 Å². The molecule has 0 radical (unpaired) electrons. The maximum atomic E-state index is 4.70. The Hall–Kier alpha value is -3.38. The van der Waals surface area contributed by atoms with Crippen LogP contribution in [0.4, 0.5) is 0 Å². The molecule has 0 spiro atoms. The molecule has 1 fully saturated rings. The first-order chi connectivity index (χ1) is 17.1. The van der Waals surface area contributed by atoms with Crippen molar-refractivity contribution in [3.63, 3.8) is 0 Å². The highest BCUT2D eigenvalue weighted by Crippen LogP contribution is 2.54. The molecule has 2 atom stereocenters. The van der Waals surface area contributed by atoms with E-state index in [1.54, 1.807) is 5.56 Å². The third-order valence-electron chi connectivity index (χ3n) is 7.91. The lowest BCUT2D eigenvalue weighted by Crippen LogP contribution is -2.17. The second kappa shape index (κ2) is 10.1. The molecule has 0 heterocycles. The van der Waals surface area contributed by atoms with E-state index in [1.165, 1.54) is 50.1 Å². The van der Waals surface area contributed by atoms with Crippen LogP contribution in [0.15, 0.2) is 108 Å². The topological polar surface area (TPSA) is 0 Å². The zero-order valence-electron chi connectivity index (χ0n) is 21.4. The van der Waals surface area contributed by atoms with E-state index >= 15 is 0 Å². The van der Waals surface area contributed by atoms with Gasteiger partial charge in [0.15, 0.2) is 0 Å². The van der Waals surface area contributed by atoms with Crippen LogP contribution in [0.25, 0.3) is 11.6 Å². The standard InChI is InChI=1S/C35H36/c1-5-26-20-25(21-27(6-2)32(26)7-3)22-31-23-30-18-19-33(28-14-10-8-11-15-28)35(34(30)24(31)4)29-16-12-9-13-17-29/h8-22,34-35H,4-7,23H2,1-3H3. The van der Waals surface area contributed by atoms with Crippen molar-refractivity contribution >= 4 is 11.6 Å². The number of hydrogen-bond acceptors (Lipinski definition) is 0. The predicted octanol–water partition coefficient (Wildman–Crippen LogP) is 9.14. The van der Waals surface area contributed by atoms with Gasteiger partial charge in [-0.05, 0) is 75.8 Å². The van der Waals surface area contributed by atoms with Crippen LogP contribution >= 0.6 is 0 Å². The van der Waals surface area contributed by atoms with Gasteiger partial charge in [0.25, 0.3) is 0 Å². The Kier molecular flexibility index (Phi) is 6.73. The fourth-order valence-electron chi connectivity index (χ4n) is 6.20. The van der Waals surface area contributed by atoms with Gasteiger partial charge in [-0.15, -0.1) is 0 Å². The van der Waals surface area contributed by atoms with Crippen molar-refractivity contribution in [2.75, 3.05) is 0 Å². The summed E-state index contributed by atoms with van der Waals surface area (Å²) in [4.78, 5) is 0. The van der Waals surface area contributed by atoms with Crippen molar-refractivity contribution in [3.8, 4) is 0 Å². The van der Waals surface area contributed by atoms with Gasteiger partial charge in [0.05, 0.1) is 0 Å². The number of benzene rings is 3. The first kappa shape index (κ1) is 23.4. The Morgan fingerprint density at radius 2 is 1.40 bits per heavy atom. The van der Waals surface area contributed by atoms with Crippen molar-refractivity contribution in [1.29, 1.82) is 0 Å². The molecule has 0 saturated heterocycles. The van der Waals surface area contributed by atoms with Crippen molar-refractivity contribution < 1.29 is 0 Å². The summed E-state index contributed by atoms with van der Waals surface area (Å²) in [6.45, 7) is 11.5. The molecule has 1 saturated carbocycles. The fourth-order valence-corrected chi connectivity index (χ4v) is 6.20. The minimum absolute atomic E-state index is 0.289. The minimum Gasteiger partial charge on any atom is -0.0949 e. The molecule has 2 aliphatic rings. The lowest BCUT2D eigenvalue weighted by molar-refractivity contribution is 0.673. The molecule has 0 bridgehead atoms. The van der Waals surface area contributed by atoms with Gasteiger partial charge in [-0.2, -0.15) is 0 Å². The van der Waals surface area contributed by atoms with Gasteiger partial charge in [0, 0.05) is 11.8 Å². The summed E-state index contributed by atoms with van der Waals surface area (Å²) in [5, 5.41) is 0. The van der Waals surface area contributed by atoms with Gasteiger partial charge in [0.2, 0.25) is 0 Å². The molecular formula is C35H36. The number of hydrogen-bond donors (Lipinski definition) is 0. The number of rotatable bonds is 6. The zero-order valence-corrected chi connectivity index (χ0v) is 21.4. The number of aryl methyl sites for hydroxylation is 2. The lowest BCUT2D eigenvalue weighted by atomic mass is 9.71. The summed E-state index contributed by atoms with van der Waals surface area (Å²) in [7, 11) is 0. The van der Waals surface area contributed by atoms with E-state index in [0.29, 0.717) is 5.92 Å². The van der Waals surface area contributed by atoms with Crippen LogP contribution in [-0.4, -0.2) is 0 Å². The molecule has 2 unspecified atom stereocenters. The molecule has 0 aromatic heterocycles. The number of allylic oxidation sites excluding steroid dienone is 6. The summed E-state index contributed by atoms with van der Waals surface area (Å²) >= 11 is 0. The predicted molar refractivity (Wildman–Crippen MR) is 151 cm³/mol.